The molecule has 0 unspecified atom stereocenters. The van der Waals surface area contributed by atoms with Crippen LogP contribution in [0.2, 0.25) is 0 Å². The van der Waals surface area contributed by atoms with E-state index in [2.05, 4.69) is 434 Å². The van der Waals surface area contributed by atoms with Crippen molar-refractivity contribution < 1.29 is 13.3 Å². The van der Waals surface area contributed by atoms with Gasteiger partial charge in [-0.05, 0) is 409 Å². The normalized spacial score (nSPS) is 13.2. The lowest BCUT2D eigenvalue weighted by atomic mass is 9.79. The fourth-order valence-electron chi connectivity index (χ4n) is 25.5. The number of fused-ring (bicyclic) bond motifs is 24. The molecule has 0 bridgehead atoms. The lowest BCUT2D eigenvalue weighted by molar-refractivity contribution is 0.590. The molecule has 139 heavy (non-hydrogen) atoms. The van der Waals surface area contributed by atoms with Gasteiger partial charge in [0.25, 0.3) is 0 Å². The molecule has 5 heteroatoms. The second-order valence-corrected chi connectivity index (χ2v) is 44.5. The predicted octanol–water partition coefficient (Wildman–Crippen LogP) is 38.7. The maximum Gasteiger partial charge on any atom is 0.143 e. The minimum atomic E-state index is -0.0390. The van der Waals surface area contributed by atoms with Crippen LogP contribution in [0.1, 0.15) is 170 Å². The van der Waals surface area contributed by atoms with Gasteiger partial charge in [0, 0.05) is 92.2 Å². The van der Waals surface area contributed by atoms with E-state index < -0.39 is 0 Å². The summed E-state index contributed by atoms with van der Waals surface area (Å²) in [5.74, 6) is 0.434. The SMILES string of the molecule is Cc1cc(C)cc(-c2ccc3c(c2)oc2c3cc3c(C)cc4c5c(cc6c(C)cc2c3c64)C(C)(C)c2ccc(C)cc2-5)c1.Cc1cc(C)cc(-n2c3ccc(C(C)(C)C)cc3c3cc4ccc5c6c(cc7ccc(c4c75)c32)oc2ccc(C(C)(C)C)cc26)c1.Cc1cccc(-n2c3ccc(C)cc3c3cc4ccc5c6c(cc7c(-c8c(C)cc(C)cc8C)cc(c4c75)c32)oc2ccc(C(C)C)cc26)c1. The number of furan rings is 3. The highest BCUT2D eigenvalue weighted by Crippen LogP contribution is 2.58. The third-order valence-electron chi connectivity index (χ3n) is 31.8. The van der Waals surface area contributed by atoms with Gasteiger partial charge >= 0.3 is 0 Å². The average molecular weight is 1800 g/mol. The maximum atomic E-state index is 6.82. The number of aromatic nitrogens is 2. The van der Waals surface area contributed by atoms with Gasteiger partial charge in [-0.15, -0.1) is 0 Å². The zero-order chi connectivity index (χ0) is 95.5. The summed E-state index contributed by atoms with van der Waals surface area (Å²) in [5, 5.41) is 35.8. The van der Waals surface area contributed by atoms with E-state index in [1.807, 2.05) is 0 Å². The first-order chi connectivity index (χ1) is 66.6. The van der Waals surface area contributed by atoms with Crippen molar-refractivity contribution in [2.75, 3.05) is 0 Å². The summed E-state index contributed by atoms with van der Waals surface area (Å²) in [6.07, 6.45) is 0. The molecule has 1 aliphatic rings. The van der Waals surface area contributed by atoms with Crippen LogP contribution in [0, 0.1) is 83.1 Å². The first-order valence-electron chi connectivity index (χ1n) is 49.8. The second-order valence-electron chi connectivity index (χ2n) is 44.5. The van der Waals surface area contributed by atoms with Crippen molar-refractivity contribution in [3.8, 4) is 44.8 Å². The summed E-state index contributed by atoms with van der Waals surface area (Å²) in [6, 6.07) is 104. The fourth-order valence-corrected chi connectivity index (χ4v) is 25.5. The van der Waals surface area contributed by atoms with Crippen LogP contribution in [0.15, 0.2) is 286 Å². The van der Waals surface area contributed by atoms with E-state index in [4.69, 9.17) is 13.3 Å². The van der Waals surface area contributed by atoms with Crippen molar-refractivity contribution in [1.29, 1.82) is 0 Å². The van der Waals surface area contributed by atoms with E-state index in [0.717, 1.165) is 33.5 Å². The molecule has 5 heterocycles. The number of hydrogen-bond acceptors (Lipinski definition) is 3. The molecule has 0 N–H and O–H groups in total. The first kappa shape index (κ1) is 84.5. The maximum absolute atomic E-state index is 6.82. The van der Waals surface area contributed by atoms with Gasteiger partial charge in [-0.1, -0.05) is 237 Å². The molecule has 0 atom stereocenters. The van der Waals surface area contributed by atoms with E-state index in [1.54, 1.807) is 0 Å². The molecule has 22 aromatic carbocycles. The van der Waals surface area contributed by atoms with Crippen LogP contribution in [0.4, 0.5) is 0 Å². The zero-order valence-corrected chi connectivity index (χ0v) is 83.7. The number of rotatable bonds is 5. The molecule has 0 radical (unpaired) electrons. The Morgan fingerprint density at radius 3 is 1.45 bits per heavy atom. The Balaban J connectivity index is 0.000000108. The molecule has 0 saturated heterocycles. The fraction of sp³-hybridized carbons (Fsp3) is 0.194. The number of hydrogen-bond donors (Lipinski definition) is 0. The Labute approximate surface area is 809 Å². The minimum Gasteiger partial charge on any atom is -0.456 e. The summed E-state index contributed by atoms with van der Waals surface area (Å²) >= 11 is 0. The molecule has 0 spiro atoms. The Bertz CT molecular complexity index is 10100. The van der Waals surface area contributed by atoms with Crippen LogP contribution in [0.5, 0.6) is 0 Å². The Hall–Kier alpha value is -15.0. The molecule has 676 valence electrons. The largest absolute Gasteiger partial charge is 0.456 e. The highest BCUT2D eigenvalue weighted by Gasteiger charge is 2.39. The minimum absolute atomic E-state index is 0.0390. The standard InChI is InChI=1S/C48H39NO.C44H39NO.C42H34O/c1-25(2)31-13-16-42-39(21-31)46-34-14-12-32-22-38-35-20-27(4)11-15-41(35)49(33-10-8-9-26(3)19-33)48(38)40-23-36(44-29(6)17-28(5)18-30(44)7)37(24-43(46)50-42)47(34)45(32)40;1-24-17-25(2)19-30(18-24)45-36-15-11-28(43(3,4)5)22-33(36)34-20-26-9-13-31-39-27(10-14-32(40(26)39)42(34)45)21-38-41(31)35-23-29(44(6,7)8)12-16-37(35)46-38;1-21-8-11-35-32(15-21)38-33-16-24(4)29-19-31-28-10-9-26(27-13-22(2)12-23(3)14-27)18-37(28)43-41(31)34-17-25(5)30(39(33)40(29)34)20-36(38)42(35,6)7/h8-25H,1-7H3;9-23H,1-8H3;8-20H,1-7H3. The topological polar surface area (TPSA) is 49.3 Å². The van der Waals surface area contributed by atoms with E-state index in [1.165, 1.54) is 312 Å². The van der Waals surface area contributed by atoms with Gasteiger partial charge in [-0.3, -0.25) is 0 Å². The Morgan fingerprint density at radius 1 is 0.259 bits per heavy atom. The predicted molar refractivity (Wildman–Crippen MR) is 598 cm³/mol. The molecular weight excluding hydrogens is 1690 g/mol. The number of benzene rings is 22. The lowest BCUT2D eigenvalue weighted by Crippen LogP contribution is -2.15. The van der Waals surface area contributed by atoms with Gasteiger partial charge in [0.15, 0.2) is 0 Å². The lowest BCUT2D eigenvalue weighted by Gasteiger charge is -2.23. The van der Waals surface area contributed by atoms with Crippen LogP contribution >= 0.6 is 0 Å². The van der Waals surface area contributed by atoms with Crippen LogP contribution in [-0.4, -0.2) is 9.13 Å². The van der Waals surface area contributed by atoms with Crippen LogP contribution in [0.25, 0.3) is 251 Å². The van der Waals surface area contributed by atoms with Gasteiger partial charge < -0.3 is 22.4 Å². The van der Waals surface area contributed by atoms with Crippen molar-refractivity contribution >= 4 is 206 Å². The monoisotopic (exact) mass is 1800 g/mol. The third-order valence-corrected chi connectivity index (χ3v) is 31.8. The molecule has 28 rings (SSSR count). The van der Waals surface area contributed by atoms with Crippen molar-refractivity contribution in [3.05, 3.63) is 368 Å². The van der Waals surface area contributed by atoms with Gasteiger partial charge in [0.1, 0.15) is 33.5 Å². The van der Waals surface area contributed by atoms with E-state index >= 15 is 0 Å². The summed E-state index contributed by atoms with van der Waals surface area (Å²) in [4.78, 5) is 0. The number of nitrogens with zero attached hydrogens (tertiary/aromatic N) is 2. The molecule has 27 aromatic rings. The summed E-state index contributed by atoms with van der Waals surface area (Å²) in [6.45, 7) is 49.7. The highest BCUT2D eigenvalue weighted by atomic mass is 16.3. The molecule has 0 amide bonds. The number of aryl methyl sites for hydroxylation is 12. The van der Waals surface area contributed by atoms with Crippen molar-refractivity contribution in [3.63, 3.8) is 0 Å². The molecule has 0 aliphatic heterocycles. The van der Waals surface area contributed by atoms with Gasteiger partial charge in [0.05, 0.1) is 22.1 Å². The summed E-state index contributed by atoms with van der Waals surface area (Å²) < 4.78 is 25.1. The molecule has 0 fully saturated rings. The van der Waals surface area contributed by atoms with E-state index in [0.29, 0.717) is 5.92 Å². The third kappa shape index (κ3) is 12.5. The Kier molecular flexibility index (Phi) is 17.9. The van der Waals surface area contributed by atoms with Crippen LogP contribution in [-0.2, 0) is 16.2 Å². The average Bonchev–Trinajstić information content (AvgIpc) is 1.59. The molecular formula is C134H112N2O3. The van der Waals surface area contributed by atoms with Crippen molar-refractivity contribution in [1.82, 2.24) is 9.13 Å². The quantitative estimate of drug-likeness (QED) is 0.161. The van der Waals surface area contributed by atoms with Crippen LogP contribution in [0.3, 0.4) is 0 Å². The summed E-state index contributed by atoms with van der Waals surface area (Å²) in [5.41, 5.74) is 43.4. The first-order valence-corrected chi connectivity index (χ1v) is 49.8. The molecule has 1 aliphatic carbocycles. The van der Waals surface area contributed by atoms with Crippen molar-refractivity contribution in [2.45, 2.75) is 174 Å². The molecule has 5 aromatic heterocycles. The molecule has 0 saturated carbocycles. The van der Waals surface area contributed by atoms with E-state index in [-0.39, 0.29) is 16.2 Å². The van der Waals surface area contributed by atoms with Gasteiger partial charge in [-0.2, -0.15) is 0 Å². The van der Waals surface area contributed by atoms with Gasteiger partial charge in [0.2, 0.25) is 0 Å². The van der Waals surface area contributed by atoms with Crippen molar-refractivity contribution in [2.24, 2.45) is 0 Å². The smallest absolute Gasteiger partial charge is 0.143 e. The highest BCUT2D eigenvalue weighted by molar-refractivity contribution is 6.41. The molecule has 5 nitrogen and oxygen atoms in total. The second kappa shape index (κ2) is 29.5. The Morgan fingerprint density at radius 2 is 0.777 bits per heavy atom. The zero-order valence-electron chi connectivity index (χ0n) is 83.7. The van der Waals surface area contributed by atoms with Crippen LogP contribution < -0.4 is 0 Å². The summed E-state index contributed by atoms with van der Waals surface area (Å²) in [7, 11) is 0. The van der Waals surface area contributed by atoms with Gasteiger partial charge in [-0.25, -0.2) is 0 Å². The van der Waals surface area contributed by atoms with E-state index in [9.17, 15) is 0 Å².